The number of likely N-dealkylation sites (tertiary alicyclic amines) is 1. The third-order valence-corrected chi connectivity index (χ3v) is 4.71. The molecule has 4 rings (SSSR count). The van der Waals surface area contributed by atoms with Gasteiger partial charge in [-0.1, -0.05) is 12.5 Å². The molecule has 0 saturated carbocycles. The fraction of sp³-hybridized carbons (Fsp3) is 0.389. The van der Waals surface area contributed by atoms with Crippen LogP contribution in [0, 0.1) is 0 Å². The minimum atomic E-state index is 0.305. The summed E-state index contributed by atoms with van der Waals surface area (Å²) in [6.07, 6.45) is 11.2. The quantitative estimate of drug-likeness (QED) is 0.756. The maximum Gasteiger partial charge on any atom is 0.153 e. The van der Waals surface area contributed by atoms with Crippen LogP contribution in [0.5, 0.6) is 0 Å². The number of nitrogens with zero attached hydrogens (tertiary/aromatic N) is 4. The highest BCUT2D eigenvalue weighted by Gasteiger charge is 2.22. The molecule has 6 heteroatoms. The molecule has 1 aliphatic rings. The predicted molar refractivity (Wildman–Crippen MR) is 94.8 cm³/mol. The number of hydrogen-bond donors (Lipinski definition) is 2. The first-order valence-electron chi connectivity index (χ1n) is 8.58. The first-order valence-corrected chi connectivity index (χ1v) is 8.58. The predicted octanol–water partition coefficient (Wildman–Crippen LogP) is 2.99. The van der Waals surface area contributed by atoms with Gasteiger partial charge in [0.1, 0.15) is 11.8 Å². The lowest BCUT2D eigenvalue weighted by atomic mass is 10.0. The zero-order chi connectivity index (χ0) is 16.2. The van der Waals surface area contributed by atoms with Gasteiger partial charge in [-0.3, -0.25) is 9.88 Å². The topological polar surface area (TPSA) is 69.7 Å². The average molecular weight is 322 g/mol. The van der Waals surface area contributed by atoms with Crippen molar-refractivity contribution in [2.24, 2.45) is 0 Å². The third-order valence-electron chi connectivity index (χ3n) is 4.71. The first kappa shape index (κ1) is 15.1. The Morgan fingerprint density at radius 2 is 2.08 bits per heavy atom. The number of fused-ring (bicyclic) bond motifs is 1. The van der Waals surface area contributed by atoms with E-state index < -0.39 is 0 Å². The van der Waals surface area contributed by atoms with Gasteiger partial charge < -0.3 is 10.3 Å². The van der Waals surface area contributed by atoms with Gasteiger partial charge in [0.15, 0.2) is 5.82 Å². The number of hydrogen-bond acceptors (Lipinski definition) is 5. The molecule has 3 aromatic rings. The van der Waals surface area contributed by atoms with E-state index in [9.17, 15) is 0 Å². The zero-order valence-electron chi connectivity index (χ0n) is 13.7. The zero-order valence-corrected chi connectivity index (χ0v) is 13.7. The first-order chi connectivity index (χ1) is 11.9. The van der Waals surface area contributed by atoms with Gasteiger partial charge in [0.05, 0.1) is 11.6 Å². The van der Waals surface area contributed by atoms with E-state index in [1.165, 1.54) is 24.8 Å². The highest BCUT2D eigenvalue weighted by Crippen LogP contribution is 2.25. The smallest absolute Gasteiger partial charge is 0.153 e. The SMILES string of the molecule is c1cncc([C@H](CNc2ncnc3cc[nH]c23)N2CCCCC2)c1. The number of piperidine rings is 1. The summed E-state index contributed by atoms with van der Waals surface area (Å²) in [5, 5.41) is 3.52. The van der Waals surface area contributed by atoms with E-state index in [1.807, 2.05) is 30.7 Å². The third kappa shape index (κ3) is 3.10. The van der Waals surface area contributed by atoms with Gasteiger partial charge in [0, 0.05) is 25.1 Å². The largest absolute Gasteiger partial charge is 0.366 e. The lowest BCUT2D eigenvalue weighted by Gasteiger charge is -2.35. The molecular formula is C18H22N6. The molecule has 0 bridgehead atoms. The molecule has 0 radical (unpaired) electrons. The molecule has 1 saturated heterocycles. The lowest BCUT2D eigenvalue weighted by Crippen LogP contribution is -2.37. The molecule has 24 heavy (non-hydrogen) atoms. The minimum Gasteiger partial charge on any atom is -0.366 e. The Morgan fingerprint density at radius 1 is 1.17 bits per heavy atom. The Hall–Kier alpha value is -2.47. The van der Waals surface area contributed by atoms with Crippen molar-refractivity contribution in [1.29, 1.82) is 0 Å². The molecule has 1 fully saturated rings. The van der Waals surface area contributed by atoms with Gasteiger partial charge in [-0.2, -0.15) is 0 Å². The molecular weight excluding hydrogens is 300 g/mol. The molecule has 2 N–H and O–H groups in total. The standard InChI is InChI=1S/C18H22N6/c1-2-9-24(10-3-1)16(14-5-4-7-19-11-14)12-21-18-17-15(6-8-20-17)22-13-23-18/h4-8,11,13,16,20H,1-3,9-10,12H2,(H,21,22,23)/t16-/m0/s1. The fourth-order valence-electron chi connectivity index (χ4n) is 3.46. The lowest BCUT2D eigenvalue weighted by molar-refractivity contribution is 0.170. The van der Waals surface area contributed by atoms with E-state index in [-0.39, 0.29) is 0 Å². The van der Waals surface area contributed by atoms with Gasteiger partial charge in [0.25, 0.3) is 0 Å². The van der Waals surface area contributed by atoms with Crippen molar-refractivity contribution in [2.75, 3.05) is 25.0 Å². The highest BCUT2D eigenvalue weighted by molar-refractivity contribution is 5.85. The van der Waals surface area contributed by atoms with Crippen LogP contribution in [0.15, 0.2) is 43.1 Å². The molecule has 0 unspecified atom stereocenters. The fourth-order valence-corrected chi connectivity index (χ4v) is 3.46. The number of H-pyrrole nitrogens is 1. The maximum atomic E-state index is 4.40. The summed E-state index contributed by atoms with van der Waals surface area (Å²) in [5.41, 5.74) is 3.15. The molecule has 4 heterocycles. The van der Waals surface area contributed by atoms with Crippen LogP contribution >= 0.6 is 0 Å². The Morgan fingerprint density at radius 3 is 2.92 bits per heavy atom. The van der Waals surface area contributed by atoms with E-state index >= 15 is 0 Å². The van der Waals surface area contributed by atoms with Crippen molar-refractivity contribution in [3.63, 3.8) is 0 Å². The minimum absolute atomic E-state index is 0.305. The van der Waals surface area contributed by atoms with E-state index in [0.29, 0.717) is 6.04 Å². The number of aromatic nitrogens is 4. The van der Waals surface area contributed by atoms with Crippen LogP contribution < -0.4 is 5.32 Å². The summed E-state index contributed by atoms with van der Waals surface area (Å²) in [6, 6.07) is 6.45. The second-order valence-corrected chi connectivity index (χ2v) is 6.24. The van der Waals surface area contributed by atoms with Crippen LogP contribution in [0.3, 0.4) is 0 Å². The summed E-state index contributed by atoms with van der Waals surface area (Å²) in [6.45, 7) is 3.09. The van der Waals surface area contributed by atoms with Crippen LogP contribution in [0.4, 0.5) is 5.82 Å². The molecule has 1 aliphatic heterocycles. The van der Waals surface area contributed by atoms with Gasteiger partial charge in [-0.05, 0) is 43.6 Å². The van der Waals surface area contributed by atoms with Crippen LogP contribution in [0.2, 0.25) is 0 Å². The summed E-state index contributed by atoms with van der Waals surface area (Å²) in [4.78, 5) is 18.8. The Labute approximate surface area is 141 Å². The summed E-state index contributed by atoms with van der Waals surface area (Å²) in [7, 11) is 0. The normalized spacial score (nSPS) is 17.0. The monoisotopic (exact) mass is 322 g/mol. The number of rotatable bonds is 5. The Bertz CT molecular complexity index is 778. The van der Waals surface area contributed by atoms with Gasteiger partial charge >= 0.3 is 0 Å². The van der Waals surface area contributed by atoms with E-state index in [0.717, 1.165) is 36.5 Å². The van der Waals surface area contributed by atoms with Crippen molar-refractivity contribution in [2.45, 2.75) is 25.3 Å². The van der Waals surface area contributed by atoms with Crippen LogP contribution in [-0.4, -0.2) is 44.5 Å². The van der Waals surface area contributed by atoms with Gasteiger partial charge in [0.2, 0.25) is 0 Å². The van der Waals surface area contributed by atoms with E-state index in [1.54, 1.807) is 6.33 Å². The number of aromatic amines is 1. The molecule has 0 amide bonds. The number of nitrogens with one attached hydrogen (secondary N) is 2. The Balaban J connectivity index is 1.56. The molecule has 124 valence electrons. The summed E-state index contributed by atoms with van der Waals surface area (Å²) in [5.74, 6) is 0.857. The molecule has 3 aromatic heterocycles. The number of anilines is 1. The van der Waals surface area contributed by atoms with E-state index in [4.69, 9.17) is 0 Å². The highest BCUT2D eigenvalue weighted by atomic mass is 15.2. The second kappa shape index (κ2) is 6.97. The van der Waals surface area contributed by atoms with Gasteiger partial charge in [-0.15, -0.1) is 0 Å². The van der Waals surface area contributed by atoms with Crippen LogP contribution in [-0.2, 0) is 0 Å². The van der Waals surface area contributed by atoms with Crippen LogP contribution in [0.1, 0.15) is 30.9 Å². The number of pyridine rings is 1. The maximum absolute atomic E-state index is 4.40. The molecule has 1 atom stereocenters. The molecule has 0 aliphatic carbocycles. The van der Waals surface area contributed by atoms with Crippen LogP contribution in [0.25, 0.3) is 11.0 Å². The van der Waals surface area contributed by atoms with Crippen molar-refractivity contribution >= 4 is 16.9 Å². The molecule has 6 nitrogen and oxygen atoms in total. The van der Waals surface area contributed by atoms with E-state index in [2.05, 4.69) is 36.2 Å². The van der Waals surface area contributed by atoms with Crippen molar-refractivity contribution in [3.8, 4) is 0 Å². The summed E-state index contributed by atoms with van der Waals surface area (Å²) >= 11 is 0. The average Bonchev–Trinajstić information content (AvgIpc) is 3.13. The molecule has 0 spiro atoms. The second-order valence-electron chi connectivity index (χ2n) is 6.24. The Kier molecular flexibility index (Phi) is 4.38. The summed E-state index contributed by atoms with van der Waals surface area (Å²) < 4.78 is 0. The molecule has 0 aromatic carbocycles. The van der Waals surface area contributed by atoms with Crippen molar-refractivity contribution in [3.05, 3.63) is 48.7 Å². The van der Waals surface area contributed by atoms with Crippen molar-refractivity contribution in [1.82, 2.24) is 24.8 Å². The van der Waals surface area contributed by atoms with Crippen molar-refractivity contribution < 1.29 is 0 Å². The van der Waals surface area contributed by atoms with Gasteiger partial charge in [-0.25, -0.2) is 9.97 Å².